The van der Waals surface area contributed by atoms with Gasteiger partial charge in [-0.3, -0.25) is 14.6 Å². The van der Waals surface area contributed by atoms with Crippen molar-refractivity contribution in [3.05, 3.63) is 34.1 Å². The number of nitrogens with one attached hydrogen (secondary N) is 1. The average molecular weight is 398 g/mol. The second kappa shape index (κ2) is 8.41. The van der Waals surface area contributed by atoms with Crippen LogP contribution in [0, 0.1) is 5.82 Å². The van der Waals surface area contributed by atoms with E-state index < -0.39 is 0 Å². The third kappa shape index (κ3) is 4.77. The van der Waals surface area contributed by atoms with Crippen molar-refractivity contribution in [1.29, 1.82) is 0 Å². The highest BCUT2D eigenvalue weighted by molar-refractivity contribution is 9.10. The lowest BCUT2D eigenvalue weighted by atomic mass is 10.2. The fourth-order valence-corrected chi connectivity index (χ4v) is 3.97. The summed E-state index contributed by atoms with van der Waals surface area (Å²) in [4.78, 5) is 16.5. The highest BCUT2D eigenvalue weighted by Crippen LogP contribution is 2.20. The van der Waals surface area contributed by atoms with Crippen LogP contribution in [0.15, 0.2) is 22.7 Å². The zero-order valence-corrected chi connectivity index (χ0v) is 15.5. The van der Waals surface area contributed by atoms with Gasteiger partial charge in [-0.25, -0.2) is 4.39 Å². The molecule has 24 heavy (non-hydrogen) atoms. The van der Waals surface area contributed by atoms with E-state index in [4.69, 9.17) is 0 Å². The Morgan fingerprint density at radius 2 is 1.83 bits per heavy atom. The summed E-state index contributed by atoms with van der Waals surface area (Å²) in [6.45, 7) is 4.54. The maximum Gasteiger partial charge on any atom is 0.234 e. The van der Waals surface area contributed by atoms with Crippen molar-refractivity contribution < 1.29 is 9.18 Å². The lowest BCUT2D eigenvalue weighted by Crippen LogP contribution is -2.50. The number of amides is 1. The smallest absolute Gasteiger partial charge is 0.234 e. The monoisotopic (exact) mass is 397 g/mol. The van der Waals surface area contributed by atoms with Crippen LogP contribution >= 0.6 is 15.9 Å². The molecule has 0 unspecified atom stereocenters. The van der Waals surface area contributed by atoms with Crippen molar-refractivity contribution in [2.45, 2.75) is 38.3 Å². The van der Waals surface area contributed by atoms with Crippen molar-refractivity contribution in [3.8, 4) is 0 Å². The van der Waals surface area contributed by atoms with Crippen LogP contribution in [0.4, 0.5) is 4.39 Å². The van der Waals surface area contributed by atoms with Gasteiger partial charge >= 0.3 is 0 Å². The molecule has 132 valence electrons. The van der Waals surface area contributed by atoms with Crippen molar-refractivity contribution in [2.24, 2.45) is 0 Å². The Kier molecular flexibility index (Phi) is 6.25. The standard InChI is InChI=1S/C18H25BrFN3O/c19-16-7-3-4-14(18(16)20)12-22-8-10-23(11-9-22)13-17(24)21-15-5-1-2-6-15/h3-4,7,15H,1-2,5-6,8-13H2,(H,21,24). The summed E-state index contributed by atoms with van der Waals surface area (Å²) in [7, 11) is 0. The molecule has 1 aromatic carbocycles. The van der Waals surface area contributed by atoms with E-state index in [-0.39, 0.29) is 11.7 Å². The third-order valence-electron chi connectivity index (χ3n) is 4.98. The molecule has 1 saturated carbocycles. The lowest BCUT2D eigenvalue weighted by molar-refractivity contribution is -0.123. The van der Waals surface area contributed by atoms with E-state index in [2.05, 4.69) is 31.0 Å². The molecule has 3 rings (SSSR count). The molecule has 1 aliphatic heterocycles. The van der Waals surface area contributed by atoms with E-state index in [1.54, 1.807) is 6.07 Å². The molecular formula is C18H25BrFN3O. The number of carbonyl (C=O) groups is 1. The second-order valence-corrected chi connectivity index (χ2v) is 7.67. The Balaban J connectivity index is 1.42. The van der Waals surface area contributed by atoms with E-state index >= 15 is 0 Å². The highest BCUT2D eigenvalue weighted by Gasteiger charge is 2.22. The molecule has 1 N–H and O–H groups in total. The summed E-state index contributed by atoms with van der Waals surface area (Å²) < 4.78 is 14.6. The summed E-state index contributed by atoms with van der Waals surface area (Å²) in [6, 6.07) is 5.81. The molecule has 1 saturated heterocycles. The summed E-state index contributed by atoms with van der Waals surface area (Å²) in [6.07, 6.45) is 4.71. The Labute approximate surface area is 151 Å². The Bertz CT molecular complexity index is 569. The molecule has 6 heteroatoms. The van der Waals surface area contributed by atoms with Gasteiger partial charge in [0.15, 0.2) is 0 Å². The lowest BCUT2D eigenvalue weighted by Gasteiger charge is -2.34. The predicted octanol–water partition coefficient (Wildman–Crippen LogP) is 2.76. The number of rotatable bonds is 5. The van der Waals surface area contributed by atoms with Gasteiger partial charge in [-0.1, -0.05) is 25.0 Å². The van der Waals surface area contributed by atoms with Crippen LogP contribution in [0.25, 0.3) is 0 Å². The molecule has 0 radical (unpaired) electrons. The van der Waals surface area contributed by atoms with Gasteiger partial charge in [0.2, 0.25) is 5.91 Å². The first-order valence-electron chi connectivity index (χ1n) is 8.79. The fraction of sp³-hybridized carbons (Fsp3) is 0.611. The number of benzene rings is 1. The zero-order valence-electron chi connectivity index (χ0n) is 13.9. The topological polar surface area (TPSA) is 35.6 Å². The molecule has 2 aliphatic rings. The minimum absolute atomic E-state index is 0.147. The van der Waals surface area contributed by atoms with E-state index in [1.165, 1.54) is 12.8 Å². The average Bonchev–Trinajstić information content (AvgIpc) is 3.06. The van der Waals surface area contributed by atoms with Gasteiger partial charge in [0.05, 0.1) is 11.0 Å². The van der Waals surface area contributed by atoms with Crippen LogP contribution in [0.3, 0.4) is 0 Å². The number of hydrogen-bond acceptors (Lipinski definition) is 3. The molecular weight excluding hydrogens is 373 g/mol. The maximum absolute atomic E-state index is 14.1. The first kappa shape index (κ1) is 17.8. The Hall–Kier alpha value is -0.980. The van der Waals surface area contributed by atoms with Gasteiger partial charge < -0.3 is 5.32 Å². The fourth-order valence-electron chi connectivity index (χ4n) is 3.56. The van der Waals surface area contributed by atoms with E-state index in [0.29, 0.717) is 23.6 Å². The van der Waals surface area contributed by atoms with Gasteiger partial charge in [0.25, 0.3) is 0 Å². The number of nitrogens with zero attached hydrogens (tertiary/aromatic N) is 2. The largest absolute Gasteiger partial charge is 0.352 e. The Morgan fingerprint density at radius 3 is 2.54 bits per heavy atom. The van der Waals surface area contributed by atoms with E-state index in [0.717, 1.165) is 44.6 Å². The molecule has 0 spiro atoms. The number of hydrogen-bond donors (Lipinski definition) is 1. The molecule has 1 aliphatic carbocycles. The molecule has 1 heterocycles. The van der Waals surface area contributed by atoms with Crippen LogP contribution in [0.2, 0.25) is 0 Å². The van der Waals surface area contributed by atoms with Crippen LogP contribution in [-0.2, 0) is 11.3 Å². The number of halogens is 2. The third-order valence-corrected chi connectivity index (χ3v) is 5.59. The second-order valence-electron chi connectivity index (χ2n) is 6.81. The SMILES string of the molecule is O=C(CN1CCN(Cc2cccc(Br)c2F)CC1)NC1CCCC1. The molecule has 0 bridgehead atoms. The van der Waals surface area contributed by atoms with Crippen molar-refractivity contribution in [3.63, 3.8) is 0 Å². The van der Waals surface area contributed by atoms with Crippen LogP contribution < -0.4 is 5.32 Å². The highest BCUT2D eigenvalue weighted by atomic mass is 79.9. The minimum atomic E-state index is -0.170. The van der Waals surface area contributed by atoms with Crippen molar-refractivity contribution in [1.82, 2.24) is 15.1 Å². The van der Waals surface area contributed by atoms with Gasteiger partial charge in [-0.2, -0.15) is 0 Å². The number of carbonyl (C=O) groups excluding carboxylic acids is 1. The van der Waals surface area contributed by atoms with Crippen molar-refractivity contribution in [2.75, 3.05) is 32.7 Å². The van der Waals surface area contributed by atoms with Gasteiger partial charge in [0, 0.05) is 44.3 Å². The normalized spacial score (nSPS) is 20.4. The molecule has 0 atom stereocenters. The minimum Gasteiger partial charge on any atom is -0.352 e. The molecule has 1 amide bonds. The molecule has 0 aromatic heterocycles. The maximum atomic E-state index is 14.1. The first-order valence-corrected chi connectivity index (χ1v) is 9.58. The summed E-state index contributed by atoms with van der Waals surface area (Å²) >= 11 is 3.24. The number of piperazine rings is 1. The van der Waals surface area contributed by atoms with Crippen LogP contribution in [-0.4, -0.2) is 54.5 Å². The molecule has 2 fully saturated rings. The summed E-state index contributed by atoms with van der Waals surface area (Å²) in [5.74, 6) is -0.0238. The van der Waals surface area contributed by atoms with Gasteiger partial charge in [-0.05, 0) is 34.8 Å². The summed E-state index contributed by atoms with van der Waals surface area (Å²) in [5.41, 5.74) is 0.719. The zero-order chi connectivity index (χ0) is 16.9. The van der Waals surface area contributed by atoms with E-state index in [1.807, 2.05) is 12.1 Å². The van der Waals surface area contributed by atoms with Crippen LogP contribution in [0.1, 0.15) is 31.2 Å². The van der Waals surface area contributed by atoms with Crippen molar-refractivity contribution >= 4 is 21.8 Å². The molecule has 4 nitrogen and oxygen atoms in total. The first-order chi connectivity index (χ1) is 11.6. The quantitative estimate of drug-likeness (QED) is 0.829. The Morgan fingerprint density at radius 1 is 1.17 bits per heavy atom. The summed E-state index contributed by atoms with van der Waals surface area (Å²) in [5, 5.41) is 3.14. The van der Waals surface area contributed by atoms with Gasteiger partial charge in [0.1, 0.15) is 5.82 Å². The molecule has 1 aromatic rings. The van der Waals surface area contributed by atoms with E-state index in [9.17, 15) is 9.18 Å². The van der Waals surface area contributed by atoms with Crippen LogP contribution in [0.5, 0.6) is 0 Å². The predicted molar refractivity (Wildman–Crippen MR) is 96.2 cm³/mol. The van der Waals surface area contributed by atoms with Gasteiger partial charge in [-0.15, -0.1) is 0 Å².